The van der Waals surface area contributed by atoms with Gasteiger partial charge in [-0.05, 0) is 25.0 Å². The van der Waals surface area contributed by atoms with E-state index in [0.717, 1.165) is 23.1 Å². The summed E-state index contributed by atoms with van der Waals surface area (Å²) in [6.07, 6.45) is 7.62. The van der Waals surface area contributed by atoms with Gasteiger partial charge in [-0.2, -0.15) is 0 Å². The zero-order valence-corrected chi connectivity index (χ0v) is 13.5. The van der Waals surface area contributed by atoms with Gasteiger partial charge in [0, 0.05) is 25.5 Å². The zero-order chi connectivity index (χ0) is 17.3. The third kappa shape index (κ3) is 2.62. The number of carboxylic acids is 1. The molecule has 7 nitrogen and oxygen atoms in total. The van der Waals surface area contributed by atoms with Crippen LogP contribution in [0.3, 0.4) is 0 Å². The van der Waals surface area contributed by atoms with E-state index in [2.05, 4.69) is 19.9 Å². The topological polar surface area (TPSA) is 92.1 Å². The molecule has 3 aromatic rings. The summed E-state index contributed by atoms with van der Waals surface area (Å²) >= 11 is 0. The van der Waals surface area contributed by atoms with Crippen LogP contribution in [0, 0.1) is 0 Å². The average Bonchev–Trinajstić information content (AvgIpc) is 3.07. The Kier molecular flexibility index (Phi) is 3.85. The smallest absolute Gasteiger partial charge is 0.330 e. The van der Waals surface area contributed by atoms with Crippen LogP contribution in [0.4, 0.5) is 0 Å². The van der Waals surface area contributed by atoms with Crippen molar-refractivity contribution in [3.8, 4) is 0 Å². The predicted molar refractivity (Wildman–Crippen MR) is 90.5 cm³/mol. The average molecular weight is 335 g/mol. The molecule has 1 aliphatic heterocycles. The van der Waals surface area contributed by atoms with Crippen molar-refractivity contribution in [3.63, 3.8) is 0 Å². The summed E-state index contributed by atoms with van der Waals surface area (Å²) in [5.74, 6) is -0.903. The SMILES string of the molecule is O=C(O)C1(c2cnccn2)CCCN1Cc1cnc2ccccc2n1. The van der Waals surface area contributed by atoms with Crippen LogP contribution in [-0.4, -0.2) is 42.5 Å². The second-order valence-corrected chi connectivity index (χ2v) is 6.13. The van der Waals surface area contributed by atoms with Crippen LogP contribution in [0.1, 0.15) is 24.2 Å². The molecule has 0 spiro atoms. The van der Waals surface area contributed by atoms with Crippen molar-refractivity contribution in [1.82, 2.24) is 24.8 Å². The molecule has 3 heterocycles. The summed E-state index contributed by atoms with van der Waals surface area (Å²) in [6, 6.07) is 7.64. The fourth-order valence-electron chi connectivity index (χ4n) is 3.51. The molecule has 25 heavy (non-hydrogen) atoms. The molecule has 0 bridgehead atoms. The van der Waals surface area contributed by atoms with Gasteiger partial charge in [-0.25, -0.2) is 9.78 Å². The van der Waals surface area contributed by atoms with Crippen LogP contribution in [0.25, 0.3) is 11.0 Å². The molecular weight excluding hydrogens is 318 g/mol. The fraction of sp³-hybridized carbons (Fsp3) is 0.278. The summed E-state index contributed by atoms with van der Waals surface area (Å²) in [6.45, 7) is 1.07. The van der Waals surface area contributed by atoms with Crippen LogP contribution < -0.4 is 0 Å². The molecule has 1 fully saturated rings. The molecular formula is C18H17N5O2. The highest BCUT2D eigenvalue weighted by atomic mass is 16.4. The monoisotopic (exact) mass is 335 g/mol. The Morgan fingerprint density at radius 3 is 2.76 bits per heavy atom. The minimum Gasteiger partial charge on any atom is -0.480 e. The molecule has 0 amide bonds. The van der Waals surface area contributed by atoms with Gasteiger partial charge in [0.2, 0.25) is 0 Å². The maximum Gasteiger partial charge on any atom is 0.330 e. The van der Waals surface area contributed by atoms with E-state index in [9.17, 15) is 9.90 Å². The number of aliphatic carboxylic acids is 1. The third-order valence-corrected chi connectivity index (χ3v) is 4.70. The normalized spacial score (nSPS) is 20.8. The Bertz CT molecular complexity index is 917. The van der Waals surface area contributed by atoms with Crippen molar-refractivity contribution in [2.75, 3.05) is 6.54 Å². The Balaban J connectivity index is 1.71. The number of carbonyl (C=O) groups is 1. The number of rotatable bonds is 4. The van der Waals surface area contributed by atoms with E-state index >= 15 is 0 Å². The highest BCUT2D eigenvalue weighted by Gasteiger charge is 2.50. The summed E-state index contributed by atoms with van der Waals surface area (Å²) in [7, 11) is 0. The Morgan fingerprint density at radius 2 is 2.00 bits per heavy atom. The summed E-state index contributed by atoms with van der Waals surface area (Å²) in [4.78, 5) is 31.5. The quantitative estimate of drug-likeness (QED) is 0.779. The largest absolute Gasteiger partial charge is 0.480 e. The molecule has 7 heteroatoms. The van der Waals surface area contributed by atoms with E-state index in [1.165, 1.54) is 6.20 Å². The van der Waals surface area contributed by atoms with Crippen LogP contribution in [-0.2, 0) is 16.9 Å². The van der Waals surface area contributed by atoms with Crippen LogP contribution in [0.15, 0.2) is 49.1 Å². The first-order chi connectivity index (χ1) is 12.2. The molecule has 1 N–H and O–H groups in total. The van der Waals surface area contributed by atoms with Crippen molar-refractivity contribution < 1.29 is 9.90 Å². The Labute approximate surface area is 144 Å². The minimum atomic E-state index is -1.17. The van der Waals surface area contributed by atoms with E-state index in [1.54, 1.807) is 18.6 Å². The standard InChI is InChI=1S/C18H17N5O2/c24-17(25)18(16-11-19-7-8-20-16)6-3-9-23(18)12-13-10-21-14-4-1-2-5-15(14)22-13/h1-2,4-5,7-8,10-11H,3,6,9,12H2,(H,24,25). The van der Waals surface area contributed by atoms with Crippen molar-refractivity contribution in [2.45, 2.75) is 24.9 Å². The molecule has 0 saturated carbocycles. The lowest BCUT2D eigenvalue weighted by molar-refractivity contribution is -0.151. The number of hydrogen-bond donors (Lipinski definition) is 1. The van der Waals surface area contributed by atoms with Gasteiger partial charge in [-0.15, -0.1) is 0 Å². The van der Waals surface area contributed by atoms with Gasteiger partial charge in [0.05, 0.1) is 34.8 Å². The molecule has 126 valence electrons. The van der Waals surface area contributed by atoms with Crippen LogP contribution >= 0.6 is 0 Å². The van der Waals surface area contributed by atoms with Gasteiger partial charge in [0.25, 0.3) is 0 Å². The van der Waals surface area contributed by atoms with Gasteiger partial charge >= 0.3 is 5.97 Å². The number of fused-ring (bicyclic) bond motifs is 1. The third-order valence-electron chi connectivity index (χ3n) is 4.70. The summed E-state index contributed by atoms with van der Waals surface area (Å²) in [5, 5.41) is 9.99. The Hall–Kier alpha value is -2.93. The number of hydrogen-bond acceptors (Lipinski definition) is 6. The lowest BCUT2D eigenvalue weighted by Crippen LogP contribution is -2.48. The van der Waals surface area contributed by atoms with Gasteiger partial charge in [0.1, 0.15) is 0 Å². The zero-order valence-electron chi connectivity index (χ0n) is 13.5. The lowest BCUT2D eigenvalue weighted by atomic mass is 9.92. The molecule has 1 aliphatic rings. The van der Waals surface area contributed by atoms with Gasteiger partial charge in [-0.3, -0.25) is 19.9 Å². The van der Waals surface area contributed by atoms with E-state index in [1.807, 2.05) is 29.2 Å². The van der Waals surface area contributed by atoms with E-state index in [4.69, 9.17) is 0 Å². The first-order valence-corrected chi connectivity index (χ1v) is 8.16. The van der Waals surface area contributed by atoms with Crippen molar-refractivity contribution >= 4 is 17.0 Å². The number of likely N-dealkylation sites (tertiary alicyclic amines) is 1. The van der Waals surface area contributed by atoms with E-state index in [-0.39, 0.29) is 0 Å². The number of benzene rings is 1. The highest BCUT2D eigenvalue weighted by molar-refractivity contribution is 5.80. The first kappa shape index (κ1) is 15.6. The van der Waals surface area contributed by atoms with E-state index < -0.39 is 11.5 Å². The molecule has 0 aliphatic carbocycles. The first-order valence-electron chi connectivity index (χ1n) is 8.16. The number of para-hydroxylation sites is 2. The molecule has 0 radical (unpaired) electrons. The maximum atomic E-state index is 12.2. The minimum absolute atomic E-state index is 0.403. The number of nitrogens with zero attached hydrogens (tertiary/aromatic N) is 5. The molecule has 1 atom stereocenters. The molecule has 1 saturated heterocycles. The van der Waals surface area contributed by atoms with Crippen molar-refractivity contribution in [1.29, 1.82) is 0 Å². The van der Waals surface area contributed by atoms with Crippen LogP contribution in [0.2, 0.25) is 0 Å². The van der Waals surface area contributed by atoms with Crippen molar-refractivity contribution in [2.24, 2.45) is 0 Å². The maximum absolute atomic E-state index is 12.2. The van der Waals surface area contributed by atoms with Gasteiger partial charge in [0.15, 0.2) is 5.54 Å². The van der Waals surface area contributed by atoms with Gasteiger partial charge in [-0.1, -0.05) is 12.1 Å². The highest BCUT2D eigenvalue weighted by Crippen LogP contribution is 2.38. The second kappa shape index (κ2) is 6.18. The second-order valence-electron chi connectivity index (χ2n) is 6.13. The summed E-state index contributed by atoms with van der Waals surface area (Å²) < 4.78 is 0. The van der Waals surface area contributed by atoms with E-state index in [0.29, 0.717) is 25.2 Å². The molecule has 4 rings (SSSR count). The van der Waals surface area contributed by atoms with Crippen molar-refractivity contribution in [3.05, 3.63) is 60.4 Å². The lowest BCUT2D eigenvalue weighted by Gasteiger charge is -2.33. The van der Waals surface area contributed by atoms with Crippen LogP contribution in [0.5, 0.6) is 0 Å². The number of aromatic nitrogens is 4. The molecule has 2 aromatic heterocycles. The fourth-order valence-corrected chi connectivity index (χ4v) is 3.51. The molecule has 1 unspecified atom stereocenters. The van der Waals surface area contributed by atoms with Gasteiger partial charge < -0.3 is 5.11 Å². The molecule has 1 aromatic carbocycles. The predicted octanol–water partition coefficient (Wildman–Crippen LogP) is 2.00. The summed E-state index contributed by atoms with van der Waals surface area (Å²) in [5.41, 5.74) is 1.68. The number of carboxylic acid groups (broad SMARTS) is 1. The Morgan fingerprint density at radius 1 is 1.16 bits per heavy atom.